The van der Waals surface area contributed by atoms with Crippen molar-refractivity contribution in [2.24, 2.45) is 0 Å². The number of carbonyl (C=O) groups excluding carboxylic acids is 1. The molecule has 1 atom stereocenters. The molecule has 0 spiro atoms. The monoisotopic (exact) mass is 384 g/mol. The first kappa shape index (κ1) is 18.8. The number of benzene rings is 2. The van der Waals surface area contributed by atoms with Gasteiger partial charge in [0, 0.05) is 17.3 Å². The molecule has 1 heterocycles. The number of H-pyrrole nitrogens is 1. The van der Waals surface area contributed by atoms with E-state index in [2.05, 4.69) is 20.5 Å². The molecule has 0 saturated carbocycles. The van der Waals surface area contributed by atoms with Crippen molar-refractivity contribution >= 4 is 23.4 Å². The maximum Gasteiger partial charge on any atom is 0.237 e. The fourth-order valence-electron chi connectivity index (χ4n) is 2.39. The van der Waals surface area contributed by atoms with Crippen molar-refractivity contribution in [1.82, 2.24) is 15.2 Å². The van der Waals surface area contributed by atoms with Crippen molar-refractivity contribution in [2.75, 3.05) is 19.5 Å². The molecule has 1 amide bonds. The van der Waals surface area contributed by atoms with Gasteiger partial charge in [-0.25, -0.2) is 4.98 Å². The lowest BCUT2D eigenvalue weighted by atomic mass is 10.2. The Bertz CT molecular complexity index is 914. The Morgan fingerprint density at radius 3 is 2.56 bits per heavy atom. The van der Waals surface area contributed by atoms with Gasteiger partial charge in [-0.1, -0.05) is 42.1 Å². The Morgan fingerprint density at radius 1 is 1.11 bits per heavy atom. The molecule has 0 bridgehead atoms. The van der Waals surface area contributed by atoms with Crippen LogP contribution >= 0.6 is 11.8 Å². The second-order valence-corrected chi connectivity index (χ2v) is 6.96. The Morgan fingerprint density at radius 2 is 1.85 bits per heavy atom. The number of aromatic nitrogens is 3. The van der Waals surface area contributed by atoms with Crippen LogP contribution < -0.4 is 14.8 Å². The normalized spacial score (nSPS) is 11.7. The summed E-state index contributed by atoms with van der Waals surface area (Å²) >= 11 is 1.28. The number of thioether (sulfide) groups is 1. The number of nitrogens with zero attached hydrogens (tertiary/aromatic N) is 2. The molecule has 2 aromatic carbocycles. The van der Waals surface area contributed by atoms with Crippen molar-refractivity contribution < 1.29 is 14.3 Å². The number of hydrogen-bond acceptors (Lipinski definition) is 6. The smallest absolute Gasteiger partial charge is 0.237 e. The van der Waals surface area contributed by atoms with Crippen LogP contribution in [-0.4, -0.2) is 40.6 Å². The van der Waals surface area contributed by atoms with Crippen molar-refractivity contribution in [3.8, 4) is 22.9 Å². The minimum atomic E-state index is -0.377. The number of hydrogen-bond donors (Lipinski definition) is 2. The van der Waals surface area contributed by atoms with Gasteiger partial charge in [-0.2, -0.15) is 0 Å². The zero-order valence-corrected chi connectivity index (χ0v) is 16.0. The summed E-state index contributed by atoms with van der Waals surface area (Å²) in [5.74, 6) is 1.67. The Labute approximate surface area is 161 Å². The fourth-order valence-corrected chi connectivity index (χ4v) is 3.12. The van der Waals surface area contributed by atoms with E-state index in [4.69, 9.17) is 9.47 Å². The average molecular weight is 384 g/mol. The Kier molecular flexibility index (Phi) is 5.97. The zero-order valence-electron chi connectivity index (χ0n) is 15.2. The molecular weight excluding hydrogens is 364 g/mol. The first-order chi connectivity index (χ1) is 13.1. The average Bonchev–Trinajstić information content (AvgIpc) is 3.17. The molecule has 0 saturated heterocycles. The van der Waals surface area contributed by atoms with Crippen LogP contribution in [0.1, 0.15) is 6.92 Å². The summed E-state index contributed by atoms with van der Waals surface area (Å²) in [7, 11) is 3.12. The van der Waals surface area contributed by atoms with Crippen LogP contribution in [0.5, 0.6) is 11.5 Å². The number of nitrogens with one attached hydrogen (secondary N) is 2. The third-order valence-corrected chi connectivity index (χ3v) is 4.78. The van der Waals surface area contributed by atoms with Crippen molar-refractivity contribution in [2.45, 2.75) is 17.3 Å². The molecule has 0 aliphatic rings. The molecule has 27 heavy (non-hydrogen) atoms. The molecule has 8 heteroatoms. The summed E-state index contributed by atoms with van der Waals surface area (Å²) in [6, 6.07) is 14.9. The summed E-state index contributed by atoms with van der Waals surface area (Å²) in [5.41, 5.74) is 1.57. The van der Waals surface area contributed by atoms with Gasteiger partial charge in [-0.15, -0.1) is 5.10 Å². The van der Waals surface area contributed by atoms with Gasteiger partial charge < -0.3 is 14.8 Å². The number of carbonyl (C=O) groups is 1. The molecular formula is C19H20N4O3S. The number of aromatic amines is 1. The largest absolute Gasteiger partial charge is 0.493 e. The van der Waals surface area contributed by atoms with Crippen LogP contribution in [0, 0.1) is 0 Å². The number of rotatable bonds is 7. The lowest BCUT2D eigenvalue weighted by Crippen LogP contribution is -2.22. The molecule has 2 N–H and O–H groups in total. The van der Waals surface area contributed by atoms with Gasteiger partial charge >= 0.3 is 0 Å². The lowest BCUT2D eigenvalue weighted by Gasteiger charge is -2.12. The number of ether oxygens (including phenoxy) is 2. The predicted octanol–water partition coefficient (Wildman–Crippen LogP) is 3.61. The third-order valence-electron chi connectivity index (χ3n) is 3.81. The van der Waals surface area contributed by atoms with Gasteiger partial charge in [-0.05, 0) is 19.1 Å². The van der Waals surface area contributed by atoms with Crippen LogP contribution in [0.3, 0.4) is 0 Å². The van der Waals surface area contributed by atoms with Crippen LogP contribution in [-0.2, 0) is 4.79 Å². The Hall–Kier alpha value is -3.00. The molecule has 0 unspecified atom stereocenters. The first-order valence-corrected chi connectivity index (χ1v) is 9.16. The van der Waals surface area contributed by atoms with Gasteiger partial charge in [0.05, 0.1) is 19.5 Å². The molecule has 1 aromatic heterocycles. The summed E-state index contributed by atoms with van der Waals surface area (Å²) < 4.78 is 10.5. The number of amides is 1. The van der Waals surface area contributed by atoms with Crippen molar-refractivity contribution in [3.05, 3.63) is 48.5 Å². The summed E-state index contributed by atoms with van der Waals surface area (Å²) in [6.45, 7) is 1.80. The molecule has 0 radical (unpaired) electrons. The van der Waals surface area contributed by atoms with Crippen LogP contribution in [0.4, 0.5) is 5.69 Å². The van der Waals surface area contributed by atoms with E-state index >= 15 is 0 Å². The molecule has 3 rings (SSSR count). The molecule has 3 aromatic rings. The second-order valence-electron chi connectivity index (χ2n) is 5.65. The SMILES string of the molecule is COc1ccc(NC(=O)[C@@H](C)Sc2n[nH]c(-c3ccccc3)n2)cc1OC. The van der Waals surface area contributed by atoms with Gasteiger partial charge in [0.2, 0.25) is 11.1 Å². The van der Waals surface area contributed by atoms with Crippen molar-refractivity contribution in [3.63, 3.8) is 0 Å². The summed E-state index contributed by atoms with van der Waals surface area (Å²) in [4.78, 5) is 16.9. The van der Waals surface area contributed by atoms with Crippen LogP contribution in [0.2, 0.25) is 0 Å². The summed E-state index contributed by atoms with van der Waals surface area (Å²) in [6.07, 6.45) is 0. The van der Waals surface area contributed by atoms with Gasteiger partial charge in [-0.3, -0.25) is 9.89 Å². The molecule has 0 aliphatic heterocycles. The van der Waals surface area contributed by atoms with Crippen LogP contribution in [0.25, 0.3) is 11.4 Å². The number of anilines is 1. The van der Waals surface area contributed by atoms with E-state index in [9.17, 15) is 4.79 Å². The first-order valence-electron chi connectivity index (χ1n) is 8.28. The number of methoxy groups -OCH3 is 2. The molecule has 0 fully saturated rings. The van der Waals surface area contributed by atoms with Gasteiger partial charge in [0.25, 0.3) is 0 Å². The minimum Gasteiger partial charge on any atom is -0.493 e. The van der Waals surface area contributed by atoms with E-state index in [1.807, 2.05) is 30.3 Å². The van der Waals surface area contributed by atoms with E-state index in [-0.39, 0.29) is 11.2 Å². The van der Waals surface area contributed by atoms with E-state index in [0.717, 1.165) is 5.56 Å². The van der Waals surface area contributed by atoms with Gasteiger partial charge in [0.15, 0.2) is 17.3 Å². The zero-order chi connectivity index (χ0) is 19.2. The fraction of sp³-hybridized carbons (Fsp3) is 0.211. The molecule has 7 nitrogen and oxygen atoms in total. The standard InChI is InChI=1S/C19H20N4O3S/c1-12(18(24)20-14-9-10-15(25-2)16(11-14)26-3)27-19-21-17(22-23-19)13-7-5-4-6-8-13/h4-12H,1-3H3,(H,20,24)(H,21,22,23)/t12-/m1/s1. The van der Waals surface area contributed by atoms with E-state index in [1.54, 1.807) is 39.3 Å². The van der Waals surface area contributed by atoms with Crippen LogP contribution in [0.15, 0.2) is 53.7 Å². The second kappa shape index (κ2) is 8.59. The van der Waals surface area contributed by atoms with E-state index in [1.165, 1.54) is 11.8 Å². The lowest BCUT2D eigenvalue weighted by molar-refractivity contribution is -0.115. The highest BCUT2D eigenvalue weighted by Crippen LogP contribution is 2.30. The topological polar surface area (TPSA) is 89.1 Å². The highest BCUT2D eigenvalue weighted by Gasteiger charge is 2.18. The molecule has 140 valence electrons. The highest BCUT2D eigenvalue weighted by molar-refractivity contribution is 8.00. The summed E-state index contributed by atoms with van der Waals surface area (Å²) in [5, 5.41) is 10.1. The quantitative estimate of drug-likeness (QED) is 0.605. The predicted molar refractivity (Wildman–Crippen MR) is 105 cm³/mol. The van der Waals surface area contributed by atoms with Gasteiger partial charge in [0.1, 0.15) is 0 Å². The van der Waals surface area contributed by atoms with E-state index < -0.39 is 0 Å². The Balaban J connectivity index is 1.64. The molecule has 0 aliphatic carbocycles. The van der Waals surface area contributed by atoms with E-state index in [0.29, 0.717) is 28.2 Å². The third kappa shape index (κ3) is 4.59. The maximum atomic E-state index is 12.5. The minimum absolute atomic E-state index is 0.154. The highest BCUT2D eigenvalue weighted by atomic mass is 32.2. The van der Waals surface area contributed by atoms with Crippen molar-refractivity contribution in [1.29, 1.82) is 0 Å². The maximum absolute atomic E-state index is 12.5.